The number of amides is 1. The number of sulfonamides is 1. The maximum absolute atomic E-state index is 12.8. The standard InChI is InChI=1S/C20H26N2O4S/c1-4-5-6-14-21-20(23)16-8-7-9-17(15-16)22(2)27(24,25)19-12-10-18(26-3)11-13-19/h7-13,15H,4-6,14H2,1-3H3,(H,21,23). The van der Waals surface area contributed by atoms with Crippen molar-refractivity contribution >= 4 is 21.6 Å². The second-order valence-corrected chi connectivity index (χ2v) is 8.13. The minimum atomic E-state index is -3.74. The number of anilines is 1. The van der Waals surface area contributed by atoms with Gasteiger partial charge in [-0.2, -0.15) is 0 Å². The van der Waals surface area contributed by atoms with Gasteiger partial charge in [-0.15, -0.1) is 0 Å². The van der Waals surface area contributed by atoms with E-state index in [-0.39, 0.29) is 10.8 Å². The first kappa shape index (κ1) is 20.8. The molecule has 2 aromatic rings. The lowest BCUT2D eigenvalue weighted by Gasteiger charge is -2.20. The molecule has 1 amide bonds. The van der Waals surface area contributed by atoms with Gasteiger partial charge >= 0.3 is 0 Å². The van der Waals surface area contributed by atoms with Crippen LogP contribution in [0.3, 0.4) is 0 Å². The largest absolute Gasteiger partial charge is 0.497 e. The average molecular weight is 391 g/mol. The molecule has 27 heavy (non-hydrogen) atoms. The van der Waals surface area contributed by atoms with Crippen LogP contribution in [0.4, 0.5) is 5.69 Å². The number of nitrogens with zero attached hydrogens (tertiary/aromatic N) is 1. The van der Waals surface area contributed by atoms with Gasteiger partial charge < -0.3 is 10.1 Å². The van der Waals surface area contributed by atoms with Crippen LogP contribution in [0, 0.1) is 0 Å². The van der Waals surface area contributed by atoms with E-state index in [0.717, 1.165) is 19.3 Å². The van der Waals surface area contributed by atoms with E-state index in [1.54, 1.807) is 36.4 Å². The van der Waals surface area contributed by atoms with Crippen molar-refractivity contribution in [1.82, 2.24) is 5.32 Å². The maximum atomic E-state index is 12.8. The smallest absolute Gasteiger partial charge is 0.264 e. The lowest BCUT2D eigenvalue weighted by Crippen LogP contribution is -2.28. The van der Waals surface area contributed by atoms with E-state index in [4.69, 9.17) is 4.74 Å². The Hall–Kier alpha value is -2.54. The highest BCUT2D eigenvalue weighted by molar-refractivity contribution is 7.92. The molecule has 2 aromatic carbocycles. The topological polar surface area (TPSA) is 75.7 Å². The molecular weight excluding hydrogens is 364 g/mol. The van der Waals surface area contributed by atoms with E-state index in [1.807, 2.05) is 0 Å². The van der Waals surface area contributed by atoms with Gasteiger partial charge in [0.1, 0.15) is 5.75 Å². The highest BCUT2D eigenvalue weighted by atomic mass is 32.2. The van der Waals surface area contributed by atoms with Gasteiger partial charge in [-0.1, -0.05) is 25.8 Å². The van der Waals surface area contributed by atoms with Crippen LogP contribution in [0.5, 0.6) is 5.75 Å². The van der Waals surface area contributed by atoms with Gasteiger partial charge in [0, 0.05) is 19.2 Å². The lowest BCUT2D eigenvalue weighted by atomic mass is 10.2. The number of rotatable bonds is 9. The quantitative estimate of drug-likeness (QED) is 0.666. The van der Waals surface area contributed by atoms with Gasteiger partial charge in [0.2, 0.25) is 0 Å². The number of hydrogen-bond donors (Lipinski definition) is 1. The number of carbonyl (C=O) groups excluding carboxylic acids is 1. The molecule has 0 atom stereocenters. The number of hydrogen-bond acceptors (Lipinski definition) is 4. The Morgan fingerprint density at radius 2 is 1.81 bits per heavy atom. The summed E-state index contributed by atoms with van der Waals surface area (Å²) < 4.78 is 31.9. The Bertz CT molecular complexity index is 864. The molecular formula is C20H26N2O4S. The van der Waals surface area contributed by atoms with Crippen molar-refractivity contribution < 1.29 is 17.9 Å². The van der Waals surface area contributed by atoms with Crippen LogP contribution >= 0.6 is 0 Å². The van der Waals surface area contributed by atoms with Gasteiger partial charge in [0.15, 0.2) is 0 Å². The van der Waals surface area contributed by atoms with E-state index in [1.165, 1.54) is 30.6 Å². The normalized spacial score (nSPS) is 11.1. The summed E-state index contributed by atoms with van der Waals surface area (Å²) in [7, 11) is -0.745. The Kier molecular flexibility index (Phi) is 7.24. The van der Waals surface area contributed by atoms with Crippen molar-refractivity contribution in [3.63, 3.8) is 0 Å². The van der Waals surface area contributed by atoms with E-state index in [2.05, 4.69) is 12.2 Å². The predicted octanol–water partition coefficient (Wildman–Crippen LogP) is 3.44. The number of nitrogens with one attached hydrogen (secondary N) is 1. The number of methoxy groups -OCH3 is 1. The fraction of sp³-hybridized carbons (Fsp3) is 0.350. The molecule has 0 saturated carbocycles. The summed E-state index contributed by atoms with van der Waals surface area (Å²) in [6.07, 6.45) is 3.07. The van der Waals surface area contributed by atoms with Crippen LogP contribution in [-0.2, 0) is 10.0 Å². The average Bonchev–Trinajstić information content (AvgIpc) is 2.70. The highest BCUT2D eigenvalue weighted by Gasteiger charge is 2.22. The molecule has 0 unspecified atom stereocenters. The van der Waals surface area contributed by atoms with Gasteiger partial charge in [-0.25, -0.2) is 8.42 Å². The third-order valence-electron chi connectivity index (χ3n) is 4.26. The summed E-state index contributed by atoms with van der Waals surface area (Å²) in [6, 6.07) is 12.8. The molecule has 0 aromatic heterocycles. The van der Waals surface area contributed by atoms with Crippen molar-refractivity contribution in [2.24, 2.45) is 0 Å². The zero-order chi connectivity index (χ0) is 19.9. The molecule has 0 saturated heterocycles. The minimum Gasteiger partial charge on any atom is -0.497 e. The first-order valence-corrected chi connectivity index (χ1v) is 10.4. The van der Waals surface area contributed by atoms with Gasteiger partial charge in [-0.3, -0.25) is 9.10 Å². The summed E-state index contributed by atoms with van der Waals surface area (Å²) in [6.45, 7) is 2.71. The predicted molar refractivity (Wildman–Crippen MR) is 107 cm³/mol. The maximum Gasteiger partial charge on any atom is 0.264 e. The molecule has 0 fully saturated rings. The minimum absolute atomic E-state index is 0.153. The molecule has 0 aliphatic carbocycles. The lowest BCUT2D eigenvalue weighted by molar-refractivity contribution is 0.0953. The van der Waals surface area contributed by atoms with Crippen LogP contribution in [0.1, 0.15) is 36.5 Å². The zero-order valence-electron chi connectivity index (χ0n) is 15.9. The molecule has 0 heterocycles. The van der Waals surface area contributed by atoms with Crippen molar-refractivity contribution in [2.45, 2.75) is 31.1 Å². The first-order chi connectivity index (χ1) is 12.9. The third-order valence-corrected chi connectivity index (χ3v) is 6.06. The molecule has 7 heteroatoms. The van der Waals surface area contributed by atoms with Gasteiger partial charge in [0.25, 0.3) is 15.9 Å². The molecule has 0 aliphatic heterocycles. The summed E-state index contributed by atoms with van der Waals surface area (Å²) >= 11 is 0. The molecule has 0 radical (unpaired) electrons. The zero-order valence-corrected chi connectivity index (χ0v) is 16.8. The van der Waals surface area contributed by atoms with E-state index in [0.29, 0.717) is 23.5 Å². The highest BCUT2D eigenvalue weighted by Crippen LogP contribution is 2.24. The third kappa shape index (κ3) is 5.23. The van der Waals surface area contributed by atoms with Crippen LogP contribution in [0.25, 0.3) is 0 Å². The Morgan fingerprint density at radius 1 is 1.11 bits per heavy atom. The molecule has 2 rings (SSSR count). The Labute approximate surface area is 161 Å². The fourth-order valence-corrected chi connectivity index (χ4v) is 3.75. The number of unbranched alkanes of at least 4 members (excludes halogenated alkanes) is 2. The van der Waals surface area contributed by atoms with Gasteiger partial charge in [0.05, 0.1) is 17.7 Å². The SMILES string of the molecule is CCCCCNC(=O)c1cccc(N(C)S(=O)(=O)c2ccc(OC)cc2)c1. The number of benzene rings is 2. The van der Waals surface area contributed by atoms with E-state index in [9.17, 15) is 13.2 Å². The molecule has 0 spiro atoms. The molecule has 0 bridgehead atoms. The second-order valence-electron chi connectivity index (χ2n) is 6.16. The van der Waals surface area contributed by atoms with Crippen molar-refractivity contribution in [3.8, 4) is 5.75 Å². The number of ether oxygens (including phenoxy) is 1. The summed E-state index contributed by atoms with van der Waals surface area (Å²) in [4.78, 5) is 12.4. The van der Waals surface area contributed by atoms with Crippen LogP contribution in [0.2, 0.25) is 0 Å². The fourth-order valence-electron chi connectivity index (χ4n) is 2.57. The molecule has 146 valence electrons. The first-order valence-electron chi connectivity index (χ1n) is 8.91. The molecule has 0 aliphatic rings. The van der Waals surface area contributed by atoms with Crippen LogP contribution < -0.4 is 14.4 Å². The molecule has 1 N–H and O–H groups in total. The van der Waals surface area contributed by atoms with E-state index < -0.39 is 10.0 Å². The molecule has 6 nitrogen and oxygen atoms in total. The van der Waals surface area contributed by atoms with Crippen molar-refractivity contribution in [1.29, 1.82) is 0 Å². The summed E-state index contributed by atoms with van der Waals surface area (Å²) in [5, 5.41) is 2.86. The Morgan fingerprint density at radius 3 is 2.44 bits per heavy atom. The monoisotopic (exact) mass is 390 g/mol. The van der Waals surface area contributed by atoms with E-state index >= 15 is 0 Å². The van der Waals surface area contributed by atoms with Crippen molar-refractivity contribution in [2.75, 3.05) is 25.0 Å². The summed E-state index contributed by atoms with van der Waals surface area (Å²) in [5.74, 6) is 0.376. The van der Waals surface area contributed by atoms with Crippen molar-refractivity contribution in [3.05, 3.63) is 54.1 Å². The second kappa shape index (κ2) is 9.41. The van der Waals surface area contributed by atoms with Gasteiger partial charge in [-0.05, 0) is 48.9 Å². The summed E-state index contributed by atoms with van der Waals surface area (Å²) in [5.41, 5.74) is 0.854. The number of carbonyl (C=O) groups is 1. The Balaban J connectivity index is 2.17. The van der Waals surface area contributed by atoms with Crippen LogP contribution in [0.15, 0.2) is 53.4 Å². The van der Waals surface area contributed by atoms with Crippen LogP contribution in [-0.4, -0.2) is 35.0 Å².